The predicted octanol–water partition coefficient (Wildman–Crippen LogP) is 4.44. The minimum Gasteiger partial charge on any atom is -0.505 e. The van der Waals surface area contributed by atoms with Gasteiger partial charge in [-0.05, 0) is 29.8 Å². The van der Waals surface area contributed by atoms with Crippen molar-refractivity contribution in [2.45, 2.75) is 0 Å². The molecule has 3 rings (SSSR count). The summed E-state index contributed by atoms with van der Waals surface area (Å²) in [7, 11) is 0. The Balaban J connectivity index is 2.38. The number of halogens is 3. The number of carboxylic acid groups (broad SMARTS) is 1. The first kappa shape index (κ1) is 14.3. The number of hydrogen-bond donors (Lipinski definition) is 2. The number of furan rings is 1. The van der Waals surface area contributed by atoms with Gasteiger partial charge in [-0.3, -0.25) is 0 Å². The molecule has 1 aromatic heterocycles. The van der Waals surface area contributed by atoms with Crippen LogP contribution in [0.3, 0.4) is 0 Å². The molecule has 3 aromatic rings. The summed E-state index contributed by atoms with van der Waals surface area (Å²) in [6.45, 7) is 0. The van der Waals surface area contributed by atoms with Gasteiger partial charge in [0.2, 0.25) is 5.76 Å². The zero-order valence-corrected chi connectivity index (χ0v) is 11.5. The minimum atomic E-state index is -1.41. The zero-order valence-electron chi connectivity index (χ0n) is 10.7. The fourth-order valence-corrected chi connectivity index (χ4v) is 2.39. The Morgan fingerprint density at radius 3 is 2.55 bits per heavy atom. The van der Waals surface area contributed by atoms with Crippen LogP contribution in [0.5, 0.6) is 5.75 Å². The van der Waals surface area contributed by atoms with E-state index in [1.54, 1.807) is 0 Å². The van der Waals surface area contributed by atoms with E-state index in [-0.39, 0.29) is 16.7 Å². The van der Waals surface area contributed by atoms with Crippen molar-refractivity contribution in [2.24, 2.45) is 0 Å². The number of rotatable bonds is 2. The molecule has 4 nitrogen and oxygen atoms in total. The molecule has 0 aliphatic rings. The smallest absolute Gasteiger partial charge is 0.372 e. The SMILES string of the molecule is O=C(O)c1oc2cc(Cl)ccc2c1-c1cc(O)c(F)c(F)c1. The van der Waals surface area contributed by atoms with E-state index in [4.69, 9.17) is 16.0 Å². The maximum Gasteiger partial charge on any atom is 0.372 e. The van der Waals surface area contributed by atoms with Gasteiger partial charge in [0.25, 0.3) is 0 Å². The Morgan fingerprint density at radius 2 is 1.91 bits per heavy atom. The average molecular weight is 325 g/mol. The van der Waals surface area contributed by atoms with Gasteiger partial charge in [-0.25, -0.2) is 9.18 Å². The Kier molecular flexibility index (Phi) is 3.26. The molecule has 2 aromatic carbocycles. The lowest BCUT2D eigenvalue weighted by molar-refractivity contribution is 0.0666. The van der Waals surface area contributed by atoms with Crippen LogP contribution in [0.25, 0.3) is 22.1 Å². The van der Waals surface area contributed by atoms with E-state index >= 15 is 0 Å². The molecule has 0 spiro atoms. The van der Waals surface area contributed by atoms with Crippen LogP contribution in [-0.2, 0) is 0 Å². The summed E-state index contributed by atoms with van der Waals surface area (Å²) < 4.78 is 31.9. The van der Waals surface area contributed by atoms with Crippen molar-refractivity contribution in [3.05, 3.63) is 52.7 Å². The number of carboxylic acids is 1. The van der Waals surface area contributed by atoms with Gasteiger partial charge in [0.05, 0.1) is 0 Å². The van der Waals surface area contributed by atoms with Gasteiger partial charge in [-0.1, -0.05) is 11.6 Å². The van der Waals surface area contributed by atoms with Crippen molar-refractivity contribution >= 4 is 28.5 Å². The number of phenolic OH excluding ortho intramolecular Hbond substituents is 1. The number of aromatic hydroxyl groups is 1. The molecule has 0 aliphatic heterocycles. The fraction of sp³-hybridized carbons (Fsp3) is 0. The quantitative estimate of drug-likeness (QED) is 0.731. The summed E-state index contributed by atoms with van der Waals surface area (Å²) >= 11 is 5.82. The number of benzene rings is 2. The molecule has 22 heavy (non-hydrogen) atoms. The Hall–Kier alpha value is -2.60. The molecule has 0 amide bonds. The zero-order chi connectivity index (χ0) is 16.0. The van der Waals surface area contributed by atoms with Crippen molar-refractivity contribution in [1.29, 1.82) is 0 Å². The molecular formula is C15H7ClF2O4. The molecule has 0 fully saturated rings. The Labute approximate surface area is 127 Å². The van der Waals surface area contributed by atoms with Crippen LogP contribution in [0.2, 0.25) is 5.02 Å². The number of phenols is 1. The normalized spacial score (nSPS) is 11.0. The molecule has 0 saturated carbocycles. The van der Waals surface area contributed by atoms with Crippen molar-refractivity contribution in [2.75, 3.05) is 0 Å². The second-order valence-corrected chi connectivity index (χ2v) is 4.98. The van der Waals surface area contributed by atoms with Crippen molar-refractivity contribution in [3.8, 4) is 16.9 Å². The highest BCUT2D eigenvalue weighted by molar-refractivity contribution is 6.31. The summed E-state index contributed by atoms with van der Waals surface area (Å²) in [5.41, 5.74) is 0.201. The molecule has 1 heterocycles. The second kappa shape index (κ2) is 4.99. The highest BCUT2D eigenvalue weighted by Gasteiger charge is 2.23. The molecule has 0 bridgehead atoms. The third kappa shape index (κ3) is 2.17. The molecule has 112 valence electrons. The first-order valence-electron chi connectivity index (χ1n) is 6.02. The average Bonchev–Trinajstić information content (AvgIpc) is 2.82. The molecule has 0 saturated heterocycles. The summed E-state index contributed by atoms with van der Waals surface area (Å²) in [5.74, 6) is -5.46. The molecule has 2 N–H and O–H groups in total. The fourth-order valence-electron chi connectivity index (χ4n) is 2.23. The van der Waals surface area contributed by atoms with Crippen molar-refractivity contribution in [1.82, 2.24) is 0 Å². The van der Waals surface area contributed by atoms with E-state index in [0.717, 1.165) is 12.1 Å². The van der Waals surface area contributed by atoms with E-state index in [0.29, 0.717) is 10.4 Å². The monoisotopic (exact) mass is 324 g/mol. The largest absolute Gasteiger partial charge is 0.505 e. The number of fused-ring (bicyclic) bond motifs is 1. The van der Waals surface area contributed by atoms with Crippen LogP contribution < -0.4 is 0 Å². The van der Waals surface area contributed by atoms with Gasteiger partial charge in [0.1, 0.15) is 5.58 Å². The summed E-state index contributed by atoms with van der Waals surface area (Å²) in [5, 5.41) is 19.3. The molecule has 0 unspecified atom stereocenters. The maximum absolute atomic E-state index is 13.5. The number of hydrogen-bond acceptors (Lipinski definition) is 3. The minimum absolute atomic E-state index is 0.0186. The van der Waals surface area contributed by atoms with Gasteiger partial charge in [0.15, 0.2) is 17.4 Å². The Bertz CT molecular complexity index is 894. The molecule has 7 heteroatoms. The highest BCUT2D eigenvalue weighted by Crippen LogP contribution is 2.38. The van der Waals surface area contributed by atoms with Crippen molar-refractivity contribution < 1.29 is 28.2 Å². The first-order chi connectivity index (χ1) is 10.4. The summed E-state index contributed by atoms with van der Waals surface area (Å²) in [6, 6.07) is 6.15. The van der Waals surface area contributed by atoms with Crippen LogP contribution >= 0.6 is 11.6 Å². The lowest BCUT2D eigenvalue weighted by Crippen LogP contribution is -1.97. The molecular weight excluding hydrogens is 318 g/mol. The van der Waals surface area contributed by atoms with E-state index < -0.39 is 29.1 Å². The van der Waals surface area contributed by atoms with Gasteiger partial charge in [-0.15, -0.1) is 0 Å². The lowest BCUT2D eigenvalue weighted by Gasteiger charge is -2.04. The Morgan fingerprint density at radius 1 is 1.18 bits per heavy atom. The number of aromatic carboxylic acids is 1. The van der Waals surface area contributed by atoms with Crippen LogP contribution in [0.1, 0.15) is 10.6 Å². The molecule has 0 aliphatic carbocycles. The van der Waals surface area contributed by atoms with Crippen LogP contribution in [0.4, 0.5) is 8.78 Å². The lowest BCUT2D eigenvalue weighted by atomic mass is 10.0. The van der Waals surface area contributed by atoms with E-state index in [9.17, 15) is 23.8 Å². The number of carbonyl (C=O) groups is 1. The van der Waals surface area contributed by atoms with E-state index in [2.05, 4.69) is 0 Å². The third-order valence-corrected chi connectivity index (χ3v) is 3.38. The predicted molar refractivity (Wildman–Crippen MR) is 75.2 cm³/mol. The van der Waals surface area contributed by atoms with E-state index in [1.807, 2.05) is 0 Å². The van der Waals surface area contributed by atoms with Gasteiger partial charge in [0, 0.05) is 22.0 Å². The van der Waals surface area contributed by atoms with Gasteiger partial charge >= 0.3 is 5.97 Å². The van der Waals surface area contributed by atoms with Gasteiger partial charge in [-0.2, -0.15) is 4.39 Å². The maximum atomic E-state index is 13.5. The third-order valence-electron chi connectivity index (χ3n) is 3.14. The second-order valence-electron chi connectivity index (χ2n) is 4.54. The van der Waals surface area contributed by atoms with Gasteiger partial charge < -0.3 is 14.6 Å². The first-order valence-corrected chi connectivity index (χ1v) is 6.40. The van der Waals surface area contributed by atoms with Crippen molar-refractivity contribution in [3.63, 3.8) is 0 Å². The molecule has 0 radical (unpaired) electrons. The topological polar surface area (TPSA) is 70.7 Å². The summed E-state index contributed by atoms with van der Waals surface area (Å²) in [6.07, 6.45) is 0. The summed E-state index contributed by atoms with van der Waals surface area (Å²) in [4.78, 5) is 11.3. The van der Waals surface area contributed by atoms with Crippen LogP contribution in [0.15, 0.2) is 34.7 Å². The highest BCUT2D eigenvalue weighted by atomic mass is 35.5. The van der Waals surface area contributed by atoms with Crippen LogP contribution in [-0.4, -0.2) is 16.2 Å². The molecule has 0 atom stereocenters. The standard InChI is InChI=1S/C15H7ClF2O4/c16-7-1-2-8-11(5-7)22-14(15(20)21)12(8)6-3-9(17)13(18)10(19)4-6/h1-5,19H,(H,20,21). The van der Waals surface area contributed by atoms with E-state index in [1.165, 1.54) is 18.2 Å². The van der Waals surface area contributed by atoms with Crippen LogP contribution in [0, 0.1) is 11.6 Å².